The van der Waals surface area contributed by atoms with Crippen molar-refractivity contribution < 1.29 is 4.74 Å². The summed E-state index contributed by atoms with van der Waals surface area (Å²) < 4.78 is 5.97. The zero-order valence-corrected chi connectivity index (χ0v) is 14.3. The van der Waals surface area contributed by atoms with Crippen LogP contribution >= 0.6 is 11.6 Å². The van der Waals surface area contributed by atoms with Crippen LogP contribution in [-0.2, 0) is 0 Å². The highest BCUT2D eigenvalue weighted by Gasteiger charge is 2.45. The van der Waals surface area contributed by atoms with Crippen molar-refractivity contribution in [3.8, 4) is 11.9 Å². The Morgan fingerprint density at radius 2 is 2.00 bits per heavy atom. The Hall–Kier alpha value is -1.73. The minimum atomic E-state index is -0.870. The van der Waals surface area contributed by atoms with Gasteiger partial charge >= 0.3 is 0 Å². The number of nitriles is 1. The van der Waals surface area contributed by atoms with Gasteiger partial charge in [-0.15, -0.1) is 0 Å². The van der Waals surface area contributed by atoms with E-state index in [1.807, 2.05) is 13.8 Å². The van der Waals surface area contributed by atoms with Crippen molar-refractivity contribution in [2.24, 2.45) is 11.8 Å². The van der Waals surface area contributed by atoms with Gasteiger partial charge in [-0.25, -0.2) is 0 Å². The Morgan fingerprint density at radius 1 is 1.30 bits per heavy atom. The third-order valence-corrected chi connectivity index (χ3v) is 5.39. The molecule has 2 aliphatic rings. The van der Waals surface area contributed by atoms with E-state index in [-0.39, 0.29) is 11.9 Å². The molecule has 3 rings (SSSR count). The molecule has 0 amide bonds. The van der Waals surface area contributed by atoms with Crippen molar-refractivity contribution in [2.45, 2.75) is 51.2 Å². The third kappa shape index (κ3) is 3.16. The second kappa shape index (κ2) is 6.05. The van der Waals surface area contributed by atoms with E-state index in [0.29, 0.717) is 16.7 Å². The van der Waals surface area contributed by atoms with Crippen LogP contribution in [-0.4, -0.2) is 22.4 Å². The summed E-state index contributed by atoms with van der Waals surface area (Å²) in [6.07, 6.45) is 6.92. The van der Waals surface area contributed by atoms with E-state index in [4.69, 9.17) is 21.7 Å². The molecule has 2 bridgehead atoms. The molecule has 0 aromatic heterocycles. The molecule has 122 valence electrons. The number of fused-ring (bicyclic) bond motifs is 2. The van der Waals surface area contributed by atoms with Crippen LogP contribution in [0.2, 0.25) is 5.02 Å². The van der Waals surface area contributed by atoms with E-state index in [9.17, 15) is 5.26 Å². The molecule has 0 radical (unpaired) electrons. The van der Waals surface area contributed by atoms with Crippen molar-refractivity contribution in [2.75, 3.05) is 0 Å². The van der Waals surface area contributed by atoms with Gasteiger partial charge in [0.15, 0.2) is 17.6 Å². The maximum atomic E-state index is 9.61. The van der Waals surface area contributed by atoms with Crippen LogP contribution in [0.1, 0.15) is 39.5 Å². The van der Waals surface area contributed by atoms with Crippen LogP contribution < -0.4 is 4.74 Å². The van der Waals surface area contributed by atoms with Gasteiger partial charge in [0.1, 0.15) is 5.75 Å². The standard InChI is InChI=1S/C18H22ClN3O/c1-18(2,23-15-7-5-14(19)6-8-15)17(21)22(11-20)16-10-12-3-4-13(16)9-12/h5-8,12-13,16,21H,3-4,9-10H2,1-2H3. The number of nitrogens with one attached hydrogen (secondary N) is 1. The molecule has 0 saturated heterocycles. The lowest BCUT2D eigenvalue weighted by Crippen LogP contribution is -2.51. The highest BCUT2D eigenvalue weighted by molar-refractivity contribution is 6.30. The molecule has 5 heteroatoms. The molecular weight excluding hydrogens is 310 g/mol. The van der Waals surface area contributed by atoms with Gasteiger partial charge < -0.3 is 4.74 Å². The summed E-state index contributed by atoms with van der Waals surface area (Å²) in [5.74, 6) is 2.16. The normalized spacial score (nSPS) is 25.9. The lowest BCUT2D eigenvalue weighted by atomic mass is 9.93. The Morgan fingerprint density at radius 3 is 2.52 bits per heavy atom. The minimum Gasteiger partial charge on any atom is -0.480 e. The number of amidine groups is 1. The van der Waals surface area contributed by atoms with Crippen molar-refractivity contribution in [1.29, 1.82) is 10.7 Å². The molecule has 4 nitrogen and oxygen atoms in total. The van der Waals surface area contributed by atoms with E-state index in [1.165, 1.54) is 19.3 Å². The quantitative estimate of drug-likeness (QED) is 0.384. The predicted molar refractivity (Wildman–Crippen MR) is 90.6 cm³/mol. The van der Waals surface area contributed by atoms with E-state index in [1.54, 1.807) is 29.2 Å². The fourth-order valence-corrected chi connectivity index (χ4v) is 4.08. The lowest BCUT2D eigenvalue weighted by Gasteiger charge is -2.36. The summed E-state index contributed by atoms with van der Waals surface area (Å²) in [5.41, 5.74) is -0.870. The zero-order chi connectivity index (χ0) is 16.6. The molecule has 0 aliphatic heterocycles. The number of benzene rings is 1. The Kier molecular flexibility index (Phi) is 4.25. The van der Waals surface area contributed by atoms with Gasteiger partial charge in [-0.2, -0.15) is 5.26 Å². The average Bonchev–Trinajstić information content (AvgIpc) is 3.13. The summed E-state index contributed by atoms with van der Waals surface area (Å²) in [7, 11) is 0. The zero-order valence-electron chi connectivity index (χ0n) is 13.6. The predicted octanol–water partition coefficient (Wildman–Crippen LogP) is 4.45. The van der Waals surface area contributed by atoms with Crippen LogP contribution in [0.25, 0.3) is 0 Å². The Labute approximate surface area is 142 Å². The molecule has 1 aromatic rings. The lowest BCUT2D eigenvalue weighted by molar-refractivity contribution is 0.155. The maximum absolute atomic E-state index is 9.61. The molecule has 3 atom stereocenters. The Balaban J connectivity index is 1.74. The first-order chi connectivity index (χ1) is 10.9. The van der Waals surface area contributed by atoms with E-state index < -0.39 is 5.60 Å². The van der Waals surface area contributed by atoms with Crippen LogP contribution in [0.4, 0.5) is 0 Å². The van der Waals surface area contributed by atoms with Crippen molar-refractivity contribution >= 4 is 17.4 Å². The molecule has 1 N–H and O–H groups in total. The molecule has 0 heterocycles. The number of rotatable bonds is 4. The van der Waals surface area contributed by atoms with E-state index in [2.05, 4.69) is 6.19 Å². The van der Waals surface area contributed by atoms with Gasteiger partial charge in [0.2, 0.25) is 0 Å². The van der Waals surface area contributed by atoms with Crippen LogP contribution in [0.15, 0.2) is 24.3 Å². The van der Waals surface area contributed by atoms with E-state index >= 15 is 0 Å². The minimum absolute atomic E-state index is 0.166. The smallest absolute Gasteiger partial charge is 0.185 e. The molecule has 3 unspecified atom stereocenters. The summed E-state index contributed by atoms with van der Waals surface area (Å²) in [6, 6.07) is 7.25. The summed E-state index contributed by atoms with van der Waals surface area (Å²) >= 11 is 5.89. The number of halogens is 1. The maximum Gasteiger partial charge on any atom is 0.185 e. The average molecular weight is 332 g/mol. The van der Waals surface area contributed by atoms with Gasteiger partial charge in [-0.05, 0) is 69.2 Å². The molecule has 23 heavy (non-hydrogen) atoms. The topological polar surface area (TPSA) is 60.1 Å². The molecule has 2 fully saturated rings. The molecular formula is C18H22ClN3O. The first-order valence-corrected chi connectivity index (χ1v) is 8.51. The molecule has 2 saturated carbocycles. The van der Waals surface area contributed by atoms with Gasteiger partial charge in [0.05, 0.1) is 0 Å². The van der Waals surface area contributed by atoms with Gasteiger partial charge in [-0.3, -0.25) is 10.3 Å². The highest BCUT2D eigenvalue weighted by atomic mass is 35.5. The monoisotopic (exact) mass is 331 g/mol. The highest BCUT2D eigenvalue weighted by Crippen LogP contribution is 2.47. The van der Waals surface area contributed by atoms with Crippen LogP contribution in [0, 0.1) is 28.7 Å². The van der Waals surface area contributed by atoms with Gasteiger partial charge in [-0.1, -0.05) is 18.0 Å². The van der Waals surface area contributed by atoms with Gasteiger partial charge in [0, 0.05) is 11.1 Å². The Bertz CT molecular complexity index is 635. The SMILES string of the molecule is CC(C)(Oc1ccc(Cl)cc1)C(=N)N(C#N)C1CC2CCC1C2. The fourth-order valence-electron chi connectivity index (χ4n) is 3.95. The fraction of sp³-hybridized carbons (Fsp3) is 0.556. The summed E-state index contributed by atoms with van der Waals surface area (Å²) in [4.78, 5) is 1.58. The largest absolute Gasteiger partial charge is 0.480 e. The van der Waals surface area contributed by atoms with Crippen LogP contribution in [0.5, 0.6) is 5.75 Å². The van der Waals surface area contributed by atoms with Crippen LogP contribution in [0.3, 0.4) is 0 Å². The van der Waals surface area contributed by atoms with Gasteiger partial charge in [0.25, 0.3) is 0 Å². The van der Waals surface area contributed by atoms with Crippen molar-refractivity contribution in [1.82, 2.24) is 4.90 Å². The second-order valence-corrected chi connectivity index (χ2v) is 7.56. The number of hydrogen-bond acceptors (Lipinski definition) is 3. The number of nitrogens with zero attached hydrogens (tertiary/aromatic N) is 2. The summed E-state index contributed by atoms with van der Waals surface area (Å²) in [6.45, 7) is 3.67. The molecule has 2 aliphatic carbocycles. The number of hydrogen-bond donors (Lipinski definition) is 1. The summed E-state index contributed by atoms with van der Waals surface area (Å²) in [5, 5.41) is 18.8. The third-order valence-electron chi connectivity index (χ3n) is 5.14. The first kappa shape index (κ1) is 16.1. The van der Waals surface area contributed by atoms with E-state index in [0.717, 1.165) is 12.3 Å². The number of ether oxygens (including phenoxy) is 1. The molecule has 0 spiro atoms. The first-order valence-electron chi connectivity index (χ1n) is 8.13. The molecule has 1 aromatic carbocycles. The van der Waals surface area contributed by atoms with Crippen molar-refractivity contribution in [3.63, 3.8) is 0 Å². The van der Waals surface area contributed by atoms with Crippen molar-refractivity contribution in [3.05, 3.63) is 29.3 Å². The second-order valence-electron chi connectivity index (χ2n) is 7.13.